The summed E-state index contributed by atoms with van der Waals surface area (Å²) in [5.41, 5.74) is 0.992. The topological polar surface area (TPSA) is 46.6 Å². The van der Waals surface area contributed by atoms with Crippen molar-refractivity contribution >= 4 is 23.2 Å². The summed E-state index contributed by atoms with van der Waals surface area (Å²) in [4.78, 5) is 24.7. The third-order valence-electron chi connectivity index (χ3n) is 2.33. The molecule has 0 aliphatic heterocycles. The molecule has 0 aromatic carbocycles. The predicted molar refractivity (Wildman–Crippen MR) is 66.9 cm³/mol. The maximum absolute atomic E-state index is 12.0. The van der Waals surface area contributed by atoms with E-state index in [0.717, 1.165) is 12.0 Å². The monoisotopic (exact) mass is 255 g/mol. The highest BCUT2D eigenvalue weighted by Gasteiger charge is 2.16. The number of amides is 1. The lowest BCUT2D eigenvalue weighted by Gasteiger charge is -2.20. The van der Waals surface area contributed by atoms with Crippen LogP contribution in [0.5, 0.6) is 0 Å². The number of hydrogen-bond donors (Lipinski definition) is 0. The summed E-state index contributed by atoms with van der Waals surface area (Å²) in [6.07, 6.45) is 1.17. The van der Waals surface area contributed by atoms with Gasteiger partial charge in [0.05, 0.1) is 13.5 Å². The van der Waals surface area contributed by atoms with Crippen LogP contribution in [0, 0.1) is 0 Å². The van der Waals surface area contributed by atoms with Gasteiger partial charge in [0.1, 0.15) is 6.54 Å². The van der Waals surface area contributed by atoms with Crippen molar-refractivity contribution in [1.29, 1.82) is 0 Å². The van der Waals surface area contributed by atoms with Crippen molar-refractivity contribution in [2.75, 3.05) is 20.2 Å². The molecule has 0 aliphatic carbocycles. The molecule has 0 saturated heterocycles. The van der Waals surface area contributed by atoms with E-state index in [0.29, 0.717) is 13.0 Å². The van der Waals surface area contributed by atoms with E-state index >= 15 is 0 Å². The molecule has 17 heavy (non-hydrogen) atoms. The van der Waals surface area contributed by atoms with Crippen molar-refractivity contribution in [1.82, 2.24) is 4.90 Å². The molecule has 0 unspecified atom stereocenters. The number of methoxy groups -OCH3 is 1. The molecule has 1 aromatic heterocycles. The Morgan fingerprint density at radius 2 is 2.24 bits per heavy atom. The number of hydrogen-bond acceptors (Lipinski definition) is 4. The van der Waals surface area contributed by atoms with Crippen LogP contribution in [-0.2, 0) is 20.7 Å². The molecule has 1 aromatic rings. The van der Waals surface area contributed by atoms with Crippen LogP contribution >= 0.6 is 11.3 Å². The minimum absolute atomic E-state index is 0.0318. The molecule has 0 radical (unpaired) electrons. The lowest BCUT2D eigenvalue weighted by Crippen LogP contribution is -2.37. The molecule has 0 aliphatic rings. The number of carbonyl (C=O) groups is 2. The Kier molecular flexibility index (Phi) is 5.69. The summed E-state index contributed by atoms with van der Waals surface area (Å²) < 4.78 is 4.58. The quantitative estimate of drug-likeness (QED) is 0.727. The van der Waals surface area contributed by atoms with Crippen LogP contribution in [-0.4, -0.2) is 37.0 Å². The number of ether oxygens (including phenoxy) is 1. The van der Waals surface area contributed by atoms with Gasteiger partial charge in [-0.25, -0.2) is 0 Å². The van der Waals surface area contributed by atoms with Crippen LogP contribution in [0.15, 0.2) is 16.8 Å². The average Bonchev–Trinajstić information content (AvgIpc) is 2.81. The second-order valence-corrected chi connectivity index (χ2v) is 4.48. The van der Waals surface area contributed by atoms with E-state index < -0.39 is 0 Å². The van der Waals surface area contributed by atoms with Gasteiger partial charge in [0.15, 0.2) is 0 Å². The first-order valence-electron chi connectivity index (χ1n) is 5.53. The second kappa shape index (κ2) is 7.06. The Morgan fingerprint density at radius 1 is 1.47 bits per heavy atom. The Labute approximate surface area is 105 Å². The summed E-state index contributed by atoms with van der Waals surface area (Å²) in [5, 5.41) is 3.88. The van der Waals surface area contributed by atoms with E-state index in [1.807, 2.05) is 23.8 Å². The van der Waals surface area contributed by atoms with Gasteiger partial charge >= 0.3 is 5.97 Å². The summed E-state index contributed by atoms with van der Waals surface area (Å²) in [6, 6.07) is 1.92. The van der Waals surface area contributed by atoms with Crippen LogP contribution in [0.4, 0.5) is 0 Å². The molecule has 1 rings (SSSR count). The molecule has 1 heterocycles. The molecule has 94 valence electrons. The van der Waals surface area contributed by atoms with Crippen molar-refractivity contribution in [2.45, 2.75) is 19.8 Å². The molecule has 0 saturated carbocycles. The van der Waals surface area contributed by atoms with Crippen LogP contribution in [0.2, 0.25) is 0 Å². The number of nitrogens with zero attached hydrogens (tertiary/aromatic N) is 1. The lowest BCUT2D eigenvalue weighted by molar-refractivity contribution is -0.146. The van der Waals surface area contributed by atoms with E-state index in [1.54, 1.807) is 16.2 Å². The Balaban J connectivity index is 2.56. The van der Waals surface area contributed by atoms with Gasteiger partial charge < -0.3 is 9.64 Å². The lowest BCUT2D eigenvalue weighted by atomic mass is 10.2. The number of carbonyl (C=O) groups excluding carboxylic acids is 2. The predicted octanol–water partition coefficient (Wildman–Crippen LogP) is 1.70. The van der Waals surface area contributed by atoms with Gasteiger partial charge in [0.2, 0.25) is 5.91 Å². The fourth-order valence-corrected chi connectivity index (χ4v) is 2.13. The molecule has 0 bridgehead atoms. The third-order valence-corrected chi connectivity index (χ3v) is 3.06. The van der Waals surface area contributed by atoms with E-state index in [1.165, 1.54) is 7.11 Å². The van der Waals surface area contributed by atoms with Gasteiger partial charge in [0.25, 0.3) is 0 Å². The van der Waals surface area contributed by atoms with E-state index in [4.69, 9.17) is 0 Å². The molecule has 5 heteroatoms. The summed E-state index contributed by atoms with van der Waals surface area (Å²) in [7, 11) is 1.33. The summed E-state index contributed by atoms with van der Waals surface area (Å²) >= 11 is 1.56. The fraction of sp³-hybridized carbons (Fsp3) is 0.500. The Bertz CT molecular complexity index is 362. The number of esters is 1. The summed E-state index contributed by atoms with van der Waals surface area (Å²) in [6.45, 7) is 2.59. The van der Waals surface area contributed by atoms with Crippen LogP contribution in [0.1, 0.15) is 18.9 Å². The average molecular weight is 255 g/mol. The highest BCUT2D eigenvalue weighted by atomic mass is 32.1. The molecule has 1 amide bonds. The number of thiophene rings is 1. The molecule has 0 fully saturated rings. The maximum atomic E-state index is 12.0. The first kappa shape index (κ1) is 13.7. The second-order valence-electron chi connectivity index (χ2n) is 3.70. The highest BCUT2D eigenvalue weighted by molar-refractivity contribution is 7.07. The van der Waals surface area contributed by atoms with E-state index in [2.05, 4.69) is 4.74 Å². The first-order valence-corrected chi connectivity index (χ1v) is 6.47. The van der Waals surface area contributed by atoms with Crippen LogP contribution < -0.4 is 0 Å². The van der Waals surface area contributed by atoms with Gasteiger partial charge in [-0.05, 0) is 28.8 Å². The molecular weight excluding hydrogens is 238 g/mol. The Morgan fingerprint density at radius 3 is 2.76 bits per heavy atom. The minimum atomic E-state index is -0.378. The van der Waals surface area contributed by atoms with Crippen LogP contribution in [0.25, 0.3) is 0 Å². The van der Waals surface area contributed by atoms with Crippen molar-refractivity contribution in [3.8, 4) is 0 Å². The highest BCUT2D eigenvalue weighted by Crippen LogP contribution is 2.08. The van der Waals surface area contributed by atoms with Gasteiger partial charge in [-0.15, -0.1) is 0 Å². The molecule has 0 spiro atoms. The van der Waals surface area contributed by atoms with Gasteiger partial charge in [0, 0.05) is 6.54 Å². The fourth-order valence-electron chi connectivity index (χ4n) is 1.46. The van der Waals surface area contributed by atoms with Gasteiger partial charge in [-0.3, -0.25) is 9.59 Å². The van der Waals surface area contributed by atoms with Gasteiger partial charge in [-0.1, -0.05) is 6.92 Å². The Hall–Kier alpha value is -1.36. The normalized spacial score (nSPS) is 10.0. The van der Waals surface area contributed by atoms with Crippen molar-refractivity contribution in [2.24, 2.45) is 0 Å². The molecule has 0 atom stereocenters. The minimum Gasteiger partial charge on any atom is -0.468 e. The standard InChI is InChI=1S/C12H17NO3S/c1-3-5-13(8-12(15)16-2)11(14)7-10-4-6-17-9-10/h4,6,9H,3,5,7-8H2,1-2H3. The van der Waals surface area contributed by atoms with Crippen molar-refractivity contribution < 1.29 is 14.3 Å². The van der Waals surface area contributed by atoms with Gasteiger partial charge in [-0.2, -0.15) is 11.3 Å². The smallest absolute Gasteiger partial charge is 0.325 e. The maximum Gasteiger partial charge on any atom is 0.325 e. The number of rotatable bonds is 6. The zero-order valence-corrected chi connectivity index (χ0v) is 11.0. The molecule has 0 N–H and O–H groups in total. The van der Waals surface area contributed by atoms with Crippen molar-refractivity contribution in [3.63, 3.8) is 0 Å². The zero-order chi connectivity index (χ0) is 12.7. The van der Waals surface area contributed by atoms with Crippen molar-refractivity contribution in [3.05, 3.63) is 22.4 Å². The zero-order valence-electron chi connectivity index (χ0n) is 10.1. The SMILES string of the molecule is CCCN(CC(=O)OC)C(=O)Cc1ccsc1. The van der Waals surface area contributed by atoms with E-state index in [9.17, 15) is 9.59 Å². The largest absolute Gasteiger partial charge is 0.468 e. The summed E-state index contributed by atoms with van der Waals surface area (Å²) in [5.74, 6) is -0.409. The molecule has 4 nitrogen and oxygen atoms in total. The molecular formula is C12H17NO3S. The van der Waals surface area contributed by atoms with Crippen LogP contribution in [0.3, 0.4) is 0 Å². The first-order chi connectivity index (χ1) is 8.17. The van der Waals surface area contributed by atoms with E-state index in [-0.39, 0.29) is 18.4 Å². The third kappa shape index (κ3) is 4.56.